The van der Waals surface area contributed by atoms with E-state index in [1.165, 1.54) is 121 Å². The van der Waals surface area contributed by atoms with E-state index in [1.807, 2.05) is 0 Å². The summed E-state index contributed by atoms with van der Waals surface area (Å²) in [5.41, 5.74) is 21.9. The second-order valence-corrected chi connectivity index (χ2v) is 19.1. The van der Waals surface area contributed by atoms with E-state index in [0.29, 0.717) is 0 Å². The van der Waals surface area contributed by atoms with E-state index in [4.69, 9.17) is 0 Å². The van der Waals surface area contributed by atoms with E-state index >= 15 is 0 Å². The van der Waals surface area contributed by atoms with Crippen molar-refractivity contribution in [3.05, 3.63) is 287 Å². The Labute approximate surface area is 393 Å². The number of benzene rings is 11. The van der Waals surface area contributed by atoms with Gasteiger partial charge in [0.15, 0.2) is 0 Å². The van der Waals surface area contributed by atoms with Crippen LogP contribution in [0.25, 0.3) is 88.0 Å². The van der Waals surface area contributed by atoms with Gasteiger partial charge >= 0.3 is 0 Å². The fraction of sp³-hybridized carbons (Fsp3) is 0.0303. The average molecular weight is 861 g/mol. The summed E-state index contributed by atoms with van der Waals surface area (Å²) in [6, 6.07) is 92.1. The van der Waals surface area contributed by atoms with Crippen LogP contribution in [0.3, 0.4) is 0 Å². The molecule has 0 unspecified atom stereocenters. The molecule has 2 heterocycles. The smallest absolute Gasteiger partial charge is 0.0720 e. The second-order valence-electron chi connectivity index (χ2n) is 19.1. The molecule has 0 amide bonds. The third-order valence-electron chi connectivity index (χ3n) is 16.2. The first-order chi connectivity index (χ1) is 33.8. The zero-order valence-electron chi connectivity index (χ0n) is 37.0. The Morgan fingerprint density at radius 2 is 0.706 bits per heavy atom. The van der Waals surface area contributed by atoms with Crippen LogP contribution in [0.4, 0.5) is 0 Å². The van der Waals surface area contributed by atoms with E-state index in [0.717, 1.165) is 11.4 Å². The number of aromatic nitrogens is 2. The minimum absolute atomic E-state index is 0.575. The molecular formula is C66H40N2. The Balaban J connectivity index is 1.12. The van der Waals surface area contributed by atoms with Crippen molar-refractivity contribution in [3.8, 4) is 33.6 Å². The molecule has 0 saturated heterocycles. The number of fused-ring (bicyclic) bond motifs is 24. The molecule has 0 radical (unpaired) electrons. The first-order valence-corrected chi connectivity index (χ1v) is 23.8. The van der Waals surface area contributed by atoms with Crippen LogP contribution in [0.15, 0.2) is 243 Å². The molecule has 3 aliphatic rings. The maximum atomic E-state index is 2.64. The maximum Gasteiger partial charge on any atom is 0.0720 e. The highest BCUT2D eigenvalue weighted by molar-refractivity contribution is 6.20. The summed E-state index contributed by atoms with van der Waals surface area (Å²) in [5.74, 6) is 0. The van der Waals surface area contributed by atoms with Gasteiger partial charge in [-0.3, -0.25) is 0 Å². The maximum absolute atomic E-state index is 2.64. The highest BCUT2D eigenvalue weighted by atomic mass is 15.0. The van der Waals surface area contributed by atoms with Gasteiger partial charge in [-0.1, -0.05) is 194 Å². The predicted octanol–water partition coefficient (Wildman–Crippen LogP) is 16.1. The first-order valence-electron chi connectivity index (χ1n) is 23.8. The molecule has 68 heavy (non-hydrogen) atoms. The van der Waals surface area contributed by atoms with E-state index in [9.17, 15) is 0 Å². The van der Waals surface area contributed by atoms with Crippen molar-refractivity contribution >= 4 is 54.4 Å². The first kappa shape index (κ1) is 36.5. The lowest BCUT2D eigenvalue weighted by Gasteiger charge is -2.49. The lowest BCUT2D eigenvalue weighted by Crippen LogP contribution is -2.43. The SMILES string of the molecule is c1ccc(-n2c3ccccc3c3cc(-n4c5cc6c(cc5c5ccc7ccccc7c54)C4(c5ccccc5-c5ccccc54)c4ccccc4C64c5ccccc5-c5ccccc54)ccc32)cc1. The van der Waals surface area contributed by atoms with Crippen molar-refractivity contribution in [2.75, 3.05) is 0 Å². The number of rotatable bonds is 2. The third-order valence-corrected chi connectivity index (χ3v) is 16.2. The number of nitrogens with zero attached hydrogens (tertiary/aromatic N) is 2. The van der Waals surface area contributed by atoms with Gasteiger partial charge in [-0.15, -0.1) is 0 Å². The van der Waals surface area contributed by atoms with Gasteiger partial charge in [0.25, 0.3) is 0 Å². The van der Waals surface area contributed by atoms with Gasteiger partial charge in [0.1, 0.15) is 0 Å². The van der Waals surface area contributed by atoms with Crippen LogP contribution >= 0.6 is 0 Å². The zero-order valence-corrected chi connectivity index (χ0v) is 37.0. The molecule has 0 saturated carbocycles. The summed E-state index contributed by atoms with van der Waals surface area (Å²) in [6.07, 6.45) is 0. The van der Waals surface area contributed by atoms with E-state index < -0.39 is 10.8 Å². The molecular weight excluding hydrogens is 821 g/mol. The molecule has 314 valence electrons. The Morgan fingerprint density at radius 3 is 1.32 bits per heavy atom. The molecule has 0 aliphatic heterocycles. The number of hydrogen-bond donors (Lipinski definition) is 0. The highest BCUT2D eigenvalue weighted by Crippen LogP contribution is 2.68. The van der Waals surface area contributed by atoms with Gasteiger partial charge in [-0.05, 0) is 121 Å². The number of hydrogen-bond acceptors (Lipinski definition) is 0. The summed E-state index contributed by atoms with van der Waals surface area (Å²) >= 11 is 0. The molecule has 2 heteroatoms. The molecule has 11 aromatic carbocycles. The fourth-order valence-electron chi connectivity index (χ4n) is 13.7. The largest absolute Gasteiger partial charge is 0.309 e. The quantitative estimate of drug-likeness (QED) is 0.164. The van der Waals surface area contributed by atoms with Crippen molar-refractivity contribution in [3.63, 3.8) is 0 Å². The van der Waals surface area contributed by atoms with Crippen molar-refractivity contribution in [1.29, 1.82) is 0 Å². The molecule has 13 aromatic rings. The second kappa shape index (κ2) is 13.0. The lowest BCUT2D eigenvalue weighted by molar-refractivity contribution is 0.634. The summed E-state index contributed by atoms with van der Waals surface area (Å²) in [4.78, 5) is 0. The standard InChI is InChI=1S/C66H40N2/c1-2-19-42(20-3-1)67-61-33-17-10-26-49(61)51-38-43(35-37-62(51)67)68-63-40-60-59(39-52(63)50-36-34-41-18-4-5-21-44(41)64(50)68)65(53-27-11-6-22-45(53)46-23-7-12-28-54(46)65)57-31-15-16-32-58(57)66(60)55-29-13-8-24-47(55)48-25-9-14-30-56(48)66/h1-40H. The molecule has 16 rings (SSSR count). The van der Waals surface area contributed by atoms with Crippen LogP contribution in [0.5, 0.6) is 0 Å². The fourth-order valence-corrected chi connectivity index (χ4v) is 13.7. The molecule has 0 fully saturated rings. The van der Waals surface area contributed by atoms with Crippen molar-refractivity contribution in [2.45, 2.75) is 10.8 Å². The van der Waals surface area contributed by atoms with E-state index in [-0.39, 0.29) is 0 Å². The van der Waals surface area contributed by atoms with Crippen LogP contribution in [0.1, 0.15) is 44.5 Å². The predicted molar refractivity (Wildman–Crippen MR) is 281 cm³/mol. The number of para-hydroxylation sites is 2. The molecule has 0 N–H and O–H groups in total. The van der Waals surface area contributed by atoms with Gasteiger partial charge < -0.3 is 9.13 Å². The van der Waals surface area contributed by atoms with Crippen LogP contribution in [-0.4, -0.2) is 9.13 Å². The van der Waals surface area contributed by atoms with Gasteiger partial charge in [-0.25, -0.2) is 0 Å². The van der Waals surface area contributed by atoms with E-state index in [2.05, 4.69) is 252 Å². The van der Waals surface area contributed by atoms with Crippen molar-refractivity contribution in [1.82, 2.24) is 9.13 Å². The Bertz CT molecular complexity index is 4240. The van der Waals surface area contributed by atoms with Crippen LogP contribution in [-0.2, 0) is 10.8 Å². The Hall–Kier alpha value is -8.72. The van der Waals surface area contributed by atoms with Crippen molar-refractivity contribution in [2.24, 2.45) is 0 Å². The summed E-state index contributed by atoms with van der Waals surface area (Å²) < 4.78 is 5.02. The summed E-state index contributed by atoms with van der Waals surface area (Å²) in [7, 11) is 0. The normalized spacial score (nSPS) is 14.4. The zero-order chi connectivity index (χ0) is 44.3. The van der Waals surface area contributed by atoms with Gasteiger partial charge in [0, 0.05) is 38.3 Å². The molecule has 0 atom stereocenters. The van der Waals surface area contributed by atoms with Gasteiger partial charge in [0.2, 0.25) is 0 Å². The molecule has 3 aliphatic carbocycles. The Morgan fingerprint density at radius 1 is 0.235 bits per heavy atom. The highest BCUT2D eigenvalue weighted by Gasteiger charge is 2.59. The summed E-state index contributed by atoms with van der Waals surface area (Å²) in [6.45, 7) is 0. The lowest BCUT2D eigenvalue weighted by atomic mass is 9.52. The monoisotopic (exact) mass is 860 g/mol. The average Bonchev–Trinajstić information content (AvgIpc) is 4.11. The molecule has 2 aromatic heterocycles. The van der Waals surface area contributed by atoms with Crippen LogP contribution < -0.4 is 0 Å². The molecule has 2 spiro atoms. The minimum Gasteiger partial charge on any atom is -0.309 e. The summed E-state index contributed by atoms with van der Waals surface area (Å²) in [5, 5.41) is 7.46. The van der Waals surface area contributed by atoms with Gasteiger partial charge in [-0.2, -0.15) is 0 Å². The van der Waals surface area contributed by atoms with Crippen molar-refractivity contribution < 1.29 is 0 Å². The molecule has 2 nitrogen and oxygen atoms in total. The van der Waals surface area contributed by atoms with Crippen LogP contribution in [0, 0.1) is 0 Å². The topological polar surface area (TPSA) is 9.86 Å². The third kappa shape index (κ3) is 4.26. The minimum atomic E-state index is -0.596. The van der Waals surface area contributed by atoms with E-state index in [1.54, 1.807) is 0 Å². The Kier molecular flexibility index (Phi) is 6.98. The van der Waals surface area contributed by atoms with Gasteiger partial charge in [0.05, 0.1) is 32.9 Å². The van der Waals surface area contributed by atoms with Crippen LogP contribution in [0.2, 0.25) is 0 Å². The molecule has 0 bridgehead atoms.